The summed E-state index contributed by atoms with van der Waals surface area (Å²) in [6.07, 6.45) is 7.10. The van der Waals surface area contributed by atoms with E-state index < -0.39 is 8.07 Å². The lowest BCUT2D eigenvalue weighted by atomic mass is 9.78. The fourth-order valence-corrected chi connectivity index (χ4v) is 5.88. The number of rotatable bonds is 10. The highest BCUT2D eigenvalue weighted by molar-refractivity contribution is 6.76. The second-order valence-electron chi connectivity index (χ2n) is 13.1. The van der Waals surface area contributed by atoms with E-state index in [1.807, 2.05) is 17.0 Å². The highest BCUT2D eigenvalue weighted by atomic mass is 28.3. The van der Waals surface area contributed by atoms with E-state index in [0.717, 1.165) is 62.9 Å². The molecule has 3 aromatic rings. The highest BCUT2D eigenvalue weighted by Crippen LogP contribution is 2.39. The van der Waals surface area contributed by atoms with Gasteiger partial charge in [0, 0.05) is 45.9 Å². The molecule has 1 amide bonds. The molecule has 8 heteroatoms. The van der Waals surface area contributed by atoms with Gasteiger partial charge in [0.25, 0.3) is 5.91 Å². The molecule has 0 spiro atoms. The minimum absolute atomic E-state index is 0.00598. The second kappa shape index (κ2) is 10.9. The standard InChI is InChI=1S/C30H43N5O2Si/c1-30(2)13-14-34(18-22-9-7-6-8-10-22)20-26(30)33-29(36)24-19-35(21-37-15-16-38(3,4)5)28-27(24)32-25(17-31-28)23-11-12-23/h6-10,17,19,23,26H,11-16,18,20-21H2,1-5H3,(H,33,36). The average molecular weight is 534 g/mol. The molecular formula is C30H43N5O2Si. The molecule has 1 aliphatic carbocycles. The number of carbonyl (C=O) groups is 1. The maximum absolute atomic E-state index is 13.8. The largest absolute Gasteiger partial charge is 0.361 e. The lowest BCUT2D eigenvalue weighted by molar-refractivity contribution is 0.0653. The molecule has 38 heavy (non-hydrogen) atoms. The maximum atomic E-state index is 13.8. The van der Waals surface area contributed by atoms with Crippen LogP contribution in [0.5, 0.6) is 0 Å². The van der Waals surface area contributed by atoms with Crippen molar-refractivity contribution in [3.8, 4) is 0 Å². The Bertz CT molecular complexity index is 1260. The van der Waals surface area contributed by atoms with Gasteiger partial charge in [0.05, 0.1) is 17.5 Å². The van der Waals surface area contributed by atoms with Crippen LogP contribution in [-0.2, 0) is 18.0 Å². The van der Waals surface area contributed by atoms with E-state index in [2.05, 4.69) is 74.0 Å². The van der Waals surface area contributed by atoms with E-state index in [4.69, 9.17) is 14.7 Å². The van der Waals surface area contributed by atoms with Gasteiger partial charge >= 0.3 is 0 Å². The van der Waals surface area contributed by atoms with Crippen LogP contribution >= 0.6 is 0 Å². The highest BCUT2D eigenvalue weighted by Gasteiger charge is 2.37. The predicted molar refractivity (Wildman–Crippen MR) is 155 cm³/mol. The molecule has 3 heterocycles. The average Bonchev–Trinajstić information content (AvgIpc) is 3.65. The minimum Gasteiger partial charge on any atom is -0.361 e. The number of piperidine rings is 1. The first-order valence-corrected chi connectivity index (χ1v) is 17.8. The number of nitrogens with zero attached hydrogens (tertiary/aromatic N) is 4. The maximum Gasteiger partial charge on any atom is 0.255 e. The Balaban J connectivity index is 1.34. The molecule has 2 aromatic heterocycles. The summed E-state index contributed by atoms with van der Waals surface area (Å²) < 4.78 is 7.98. The Morgan fingerprint density at radius 2 is 1.95 bits per heavy atom. The van der Waals surface area contributed by atoms with Gasteiger partial charge in [-0.3, -0.25) is 9.69 Å². The van der Waals surface area contributed by atoms with Crippen LogP contribution in [0.2, 0.25) is 25.7 Å². The molecule has 1 N–H and O–H groups in total. The molecule has 1 atom stereocenters. The Kier molecular flexibility index (Phi) is 7.76. The molecule has 2 fully saturated rings. The van der Waals surface area contributed by atoms with Crippen molar-refractivity contribution in [3.63, 3.8) is 0 Å². The van der Waals surface area contributed by atoms with Crippen LogP contribution in [0.3, 0.4) is 0 Å². The van der Waals surface area contributed by atoms with Crippen LogP contribution in [-0.4, -0.2) is 59.2 Å². The molecule has 0 radical (unpaired) electrons. The zero-order valence-corrected chi connectivity index (χ0v) is 24.7. The van der Waals surface area contributed by atoms with Crippen LogP contribution in [0.15, 0.2) is 42.7 Å². The van der Waals surface area contributed by atoms with Gasteiger partial charge in [-0.15, -0.1) is 0 Å². The first-order chi connectivity index (χ1) is 18.1. The first kappa shape index (κ1) is 27.0. The van der Waals surface area contributed by atoms with Crippen LogP contribution in [0, 0.1) is 5.41 Å². The summed E-state index contributed by atoms with van der Waals surface area (Å²) >= 11 is 0. The Hall–Kier alpha value is -2.55. The summed E-state index contributed by atoms with van der Waals surface area (Å²) in [7, 11) is -1.17. The van der Waals surface area contributed by atoms with E-state index in [1.165, 1.54) is 5.56 Å². The molecule has 1 saturated carbocycles. The number of fused-ring (bicyclic) bond motifs is 1. The zero-order valence-electron chi connectivity index (χ0n) is 23.7. The Labute approximate surface area is 228 Å². The summed E-state index contributed by atoms with van der Waals surface area (Å²) in [5.74, 6) is 0.403. The summed E-state index contributed by atoms with van der Waals surface area (Å²) in [5, 5.41) is 3.40. The van der Waals surface area contributed by atoms with Gasteiger partial charge in [-0.25, -0.2) is 9.97 Å². The summed E-state index contributed by atoms with van der Waals surface area (Å²) in [5.41, 5.74) is 4.32. The zero-order chi connectivity index (χ0) is 26.9. The van der Waals surface area contributed by atoms with E-state index in [0.29, 0.717) is 23.7 Å². The van der Waals surface area contributed by atoms with E-state index in [9.17, 15) is 4.79 Å². The Morgan fingerprint density at radius 1 is 1.18 bits per heavy atom. The van der Waals surface area contributed by atoms with Crippen molar-refractivity contribution in [2.75, 3.05) is 19.7 Å². The number of hydrogen-bond acceptors (Lipinski definition) is 5. The quantitative estimate of drug-likeness (QED) is 0.269. The number of benzene rings is 1. The van der Waals surface area contributed by atoms with Crippen molar-refractivity contribution < 1.29 is 9.53 Å². The second-order valence-corrected chi connectivity index (χ2v) is 18.7. The third kappa shape index (κ3) is 6.53. The number of aromatic nitrogens is 3. The van der Waals surface area contributed by atoms with Gasteiger partial charge in [-0.2, -0.15) is 0 Å². The normalized spacial score (nSPS) is 20.1. The smallest absolute Gasteiger partial charge is 0.255 e. The van der Waals surface area contributed by atoms with Crippen molar-refractivity contribution in [1.29, 1.82) is 0 Å². The molecule has 7 nitrogen and oxygen atoms in total. The molecule has 1 aromatic carbocycles. The Morgan fingerprint density at radius 3 is 2.66 bits per heavy atom. The number of likely N-dealkylation sites (tertiary alicyclic amines) is 1. The number of amides is 1. The van der Waals surface area contributed by atoms with Crippen LogP contribution in [0.4, 0.5) is 0 Å². The van der Waals surface area contributed by atoms with Gasteiger partial charge in [0.2, 0.25) is 0 Å². The van der Waals surface area contributed by atoms with E-state index in [-0.39, 0.29) is 17.4 Å². The molecule has 2 aliphatic rings. The molecule has 1 saturated heterocycles. The van der Waals surface area contributed by atoms with Crippen LogP contribution in [0.1, 0.15) is 60.6 Å². The van der Waals surface area contributed by atoms with E-state index in [1.54, 1.807) is 0 Å². The summed E-state index contributed by atoms with van der Waals surface area (Å²) in [6, 6.07) is 11.7. The third-order valence-electron chi connectivity index (χ3n) is 8.06. The number of hydrogen-bond donors (Lipinski definition) is 1. The monoisotopic (exact) mass is 533 g/mol. The first-order valence-electron chi connectivity index (χ1n) is 14.1. The van der Waals surface area contributed by atoms with Crippen molar-refractivity contribution in [2.24, 2.45) is 5.41 Å². The van der Waals surface area contributed by atoms with Gasteiger partial charge < -0.3 is 14.6 Å². The molecule has 1 aliphatic heterocycles. The summed E-state index contributed by atoms with van der Waals surface area (Å²) in [4.78, 5) is 25.9. The predicted octanol–water partition coefficient (Wildman–Crippen LogP) is 5.65. The number of ether oxygens (including phenoxy) is 1. The fourth-order valence-electron chi connectivity index (χ4n) is 5.13. The number of nitrogens with one attached hydrogen (secondary N) is 1. The number of carbonyl (C=O) groups excluding carboxylic acids is 1. The van der Waals surface area contributed by atoms with Gasteiger partial charge in [0.1, 0.15) is 12.2 Å². The van der Waals surface area contributed by atoms with Crippen LogP contribution in [0.25, 0.3) is 11.2 Å². The molecule has 204 valence electrons. The van der Waals surface area contributed by atoms with Crippen molar-refractivity contribution in [3.05, 3.63) is 59.5 Å². The van der Waals surface area contributed by atoms with Gasteiger partial charge in [0.15, 0.2) is 5.65 Å². The van der Waals surface area contributed by atoms with Crippen LogP contribution < -0.4 is 5.32 Å². The lowest BCUT2D eigenvalue weighted by Crippen LogP contribution is -2.56. The van der Waals surface area contributed by atoms with Gasteiger partial charge in [-0.05, 0) is 42.8 Å². The van der Waals surface area contributed by atoms with Crippen molar-refractivity contribution in [1.82, 2.24) is 24.8 Å². The summed E-state index contributed by atoms with van der Waals surface area (Å²) in [6.45, 7) is 15.4. The topological polar surface area (TPSA) is 72.3 Å². The lowest BCUT2D eigenvalue weighted by Gasteiger charge is -2.44. The molecule has 0 bridgehead atoms. The molecule has 5 rings (SSSR count). The fraction of sp³-hybridized carbons (Fsp3) is 0.567. The van der Waals surface area contributed by atoms with Gasteiger partial charge in [-0.1, -0.05) is 63.8 Å². The van der Waals surface area contributed by atoms with Crippen molar-refractivity contribution in [2.45, 2.75) is 84.0 Å². The third-order valence-corrected chi connectivity index (χ3v) is 9.77. The minimum atomic E-state index is -1.17. The van der Waals surface area contributed by atoms with Crippen molar-refractivity contribution >= 4 is 25.1 Å². The van der Waals surface area contributed by atoms with E-state index >= 15 is 0 Å². The molecule has 1 unspecified atom stereocenters. The SMILES string of the molecule is CC1(C)CCN(Cc2ccccc2)CC1NC(=O)c1cn(COCC[Si](C)(C)C)c2ncc(C3CC3)nc12. The molecular weight excluding hydrogens is 490 g/mol.